The van der Waals surface area contributed by atoms with E-state index in [9.17, 15) is 4.79 Å². The number of hydrogen-bond acceptors (Lipinski definition) is 3. The lowest BCUT2D eigenvalue weighted by molar-refractivity contribution is -0.114. The van der Waals surface area contributed by atoms with Crippen LogP contribution in [0.25, 0.3) is 0 Å². The monoisotopic (exact) mass is 552 g/mol. The number of rotatable bonds is 8. The first-order valence-electron chi connectivity index (χ1n) is 10.7. The maximum absolute atomic E-state index is 11.1. The van der Waals surface area contributed by atoms with Crippen molar-refractivity contribution in [2.45, 2.75) is 31.6 Å². The van der Waals surface area contributed by atoms with Crippen molar-refractivity contribution in [2.24, 2.45) is 10.9 Å². The van der Waals surface area contributed by atoms with Gasteiger partial charge < -0.3 is 15.5 Å². The molecule has 1 amide bonds. The Hall–Kier alpha value is -1.74. The molecule has 1 unspecified atom stereocenters. The molecule has 1 heterocycles. The molecule has 2 aromatic carbocycles. The van der Waals surface area contributed by atoms with E-state index < -0.39 is 0 Å². The van der Waals surface area contributed by atoms with Crippen molar-refractivity contribution >= 4 is 53.3 Å². The Morgan fingerprint density at radius 2 is 1.90 bits per heavy atom. The quantitative estimate of drug-likeness (QED) is 0.212. The first kappa shape index (κ1) is 25.5. The van der Waals surface area contributed by atoms with E-state index in [1.165, 1.54) is 23.8 Å². The van der Waals surface area contributed by atoms with Crippen molar-refractivity contribution in [2.75, 3.05) is 37.2 Å². The highest BCUT2D eigenvalue weighted by molar-refractivity contribution is 14.0. The minimum atomic E-state index is -0.0475. The van der Waals surface area contributed by atoms with Crippen molar-refractivity contribution in [1.29, 1.82) is 0 Å². The molecule has 0 aromatic heterocycles. The first-order valence-corrected chi connectivity index (χ1v) is 11.7. The SMILES string of the molecule is CCNC(=NCCc1ccc(NC(C)=O)cc1)N1CCC(CSc2ccccc2)C1.I. The summed E-state index contributed by atoms with van der Waals surface area (Å²) in [5.41, 5.74) is 2.06. The van der Waals surface area contributed by atoms with Crippen molar-refractivity contribution in [3.8, 4) is 0 Å². The van der Waals surface area contributed by atoms with Gasteiger partial charge in [-0.3, -0.25) is 9.79 Å². The minimum absolute atomic E-state index is 0. The van der Waals surface area contributed by atoms with Crippen LogP contribution in [0.15, 0.2) is 64.5 Å². The lowest BCUT2D eigenvalue weighted by atomic mass is 10.1. The number of halogens is 1. The molecule has 1 fully saturated rings. The van der Waals surface area contributed by atoms with E-state index >= 15 is 0 Å². The number of hydrogen-bond donors (Lipinski definition) is 2. The van der Waals surface area contributed by atoms with E-state index in [1.54, 1.807) is 0 Å². The zero-order valence-corrected chi connectivity index (χ0v) is 21.5. The van der Waals surface area contributed by atoms with E-state index in [-0.39, 0.29) is 29.9 Å². The number of benzene rings is 2. The summed E-state index contributed by atoms with van der Waals surface area (Å²) >= 11 is 1.95. The molecular weight excluding hydrogens is 519 g/mol. The minimum Gasteiger partial charge on any atom is -0.357 e. The largest absolute Gasteiger partial charge is 0.357 e. The third-order valence-electron chi connectivity index (χ3n) is 5.09. The molecule has 0 radical (unpaired) electrons. The first-order chi connectivity index (χ1) is 14.6. The molecule has 3 rings (SSSR count). The summed E-state index contributed by atoms with van der Waals surface area (Å²) in [5, 5.41) is 6.26. The Bertz CT molecular complexity index is 829. The van der Waals surface area contributed by atoms with E-state index in [2.05, 4.69) is 64.9 Å². The van der Waals surface area contributed by atoms with Crippen molar-refractivity contribution in [3.05, 3.63) is 60.2 Å². The molecule has 1 saturated heterocycles. The van der Waals surface area contributed by atoms with E-state index in [0.29, 0.717) is 5.92 Å². The smallest absolute Gasteiger partial charge is 0.221 e. The van der Waals surface area contributed by atoms with Crippen LogP contribution in [0.5, 0.6) is 0 Å². The van der Waals surface area contributed by atoms with Crippen LogP contribution in [0.2, 0.25) is 0 Å². The van der Waals surface area contributed by atoms with E-state index in [0.717, 1.165) is 50.0 Å². The predicted octanol–water partition coefficient (Wildman–Crippen LogP) is 4.89. The molecule has 1 aliphatic heterocycles. The zero-order chi connectivity index (χ0) is 21.2. The topological polar surface area (TPSA) is 56.7 Å². The zero-order valence-electron chi connectivity index (χ0n) is 18.3. The van der Waals surface area contributed by atoms with E-state index in [4.69, 9.17) is 4.99 Å². The van der Waals surface area contributed by atoms with Crippen LogP contribution in [0.3, 0.4) is 0 Å². The molecule has 31 heavy (non-hydrogen) atoms. The van der Waals surface area contributed by atoms with Gasteiger partial charge in [0.15, 0.2) is 5.96 Å². The number of likely N-dealkylation sites (tertiary alicyclic amines) is 1. The van der Waals surface area contributed by atoms with E-state index in [1.807, 2.05) is 23.9 Å². The fraction of sp³-hybridized carbons (Fsp3) is 0.417. The highest BCUT2D eigenvalue weighted by atomic mass is 127. The number of carbonyl (C=O) groups excluding carboxylic acids is 1. The van der Waals surface area contributed by atoms with Gasteiger partial charge in [0.05, 0.1) is 0 Å². The molecule has 1 aliphatic rings. The number of carbonyl (C=O) groups is 1. The lowest BCUT2D eigenvalue weighted by Crippen LogP contribution is -2.40. The van der Waals surface area contributed by atoms with Gasteiger partial charge in [-0.05, 0) is 55.5 Å². The van der Waals surface area contributed by atoms with Gasteiger partial charge >= 0.3 is 0 Å². The summed E-state index contributed by atoms with van der Waals surface area (Å²) in [5.74, 6) is 2.83. The molecule has 0 bridgehead atoms. The number of anilines is 1. The summed E-state index contributed by atoms with van der Waals surface area (Å²) in [7, 11) is 0. The van der Waals surface area contributed by atoms with Crippen LogP contribution < -0.4 is 10.6 Å². The maximum atomic E-state index is 11.1. The molecule has 2 aromatic rings. The third kappa shape index (κ3) is 8.73. The number of guanidine groups is 1. The van der Waals surface area contributed by atoms with Gasteiger partial charge in [-0.15, -0.1) is 35.7 Å². The number of amides is 1. The van der Waals surface area contributed by atoms with Gasteiger partial charge in [-0.1, -0.05) is 30.3 Å². The molecule has 1 atom stereocenters. The fourth-order valence-corrected chi connectivity index (χ4v) is 4.62. The van der Waals surface area contributed by atoms with Crippen molar-refractivity contribution < 1.29 is 4.79 Å². The van der Waals surface area contributed by atoms with Gasteiger partial charge in [0.1, 0.15) is 0 Å². The van der Waals surface area contributed by atoms with Crippen LogP contribution in [0.1, 0.15) is 25.8 Å². The highest BCUT2D eigenvalue weighted by Gasteiger charge is 2.24. The maximum Gasteiger partial charge on any atom is 0.221 e. The second kappa shape index (κ2) is 13.6. The Kier molecular flexibility index (Phi) is 11.2. The summed E-state index contributed by atoms with van der Waals surface area (Å²) in [6.45, 7) is 7.41. The summed E-state index contributed by atoms with van der Waals surface area (Å²) in [4.78, 5) is 19.7. The number of nitrogens with zero attached hydrogens (tertiary/aromatic N) is 2. The standard InChI is InChI=1S/C24H32N4OS.HI/c1-3-25-24(26-15-13-20-9-11-22(12-10-20)27-19(2)29)28-16-14-21(17-28)18-30-23-7-5-4-6-8-23;/h4-12,21H,3,13-18H2,1-2H3,(H,25,26)(H,27,29);1H. The molecule has 0 spiro atoms. The Morgan fingerprint density at radius 3 is 2.58 bits per heavy atom. The Labute approximate surface area is 207 Å². The second-order valence-corrected chi connectivity index (χ2v) is 8.68. The highest BCUT2D eigenvalue weighted by Crippen LogP contribution is 2.25. The summed E-state index contributed by atoms with van der Waals surface area (Å²) in [6, 6.07) is 18.7. The van der Waals surface area contributed by atoms with Gasteiger partial charge in [0.25, 0.3) is 0 Å². The summed E-state index contributed by atoms with van der Waals surface area (Å²) in [6.07, 6.45) is 2.10. The predicted molar refractivity (Wildman–Crippen MR) is 143 cm³/mol. The molecule has 168 valence electrons. The van der Waals surface area contributed by atoms with Gasteiger partial charge in [-0.2, -0.15) is 0 Å². The number of nitrogens with one attached hydrogen (secondary N) is 2. The van der Waals surface area contributed by atoms with Gasteiger partial charge in [-0.25, -0.2) is 0 Å². The lowest BCUT2D eigenvalue weighted by Gasteiger charge is -2.21. The Morgan fingerprint density at radius 1 is 1.16 bits per heavy atom. The van der Waals surface area contributed by atoms with Crippen LogP contribution in [0.4, 0.5) is 5.69 Å². The van der Waals surface area contributed by atoms with Crippen LogP contribution in [-0.4, -0.2) is 48.7 Å². The van der Waals surface area contributed by atoms with Crippen LogP contribution in [-0.2, 0) is 11.2 Å². The molecular formula is C24H33IN4OS. The third-order valence-corrected chi connectivity index (χ3v) is 6.33. The van der Waals surface area contributed by atoms with Gasteiger partial charge in [0, 0.05) is 49.4 Å². The van der Waals surface area contributed by atoms with Crippen molar-refractivity contribution in [3.63, 3.8) is 0 Å². The fourth-order valence-electron chi connectivity index (χ4n) is 3.57. The molecule has 2 N–H and O–H groups in total. The number of thioether (sulfide) groups is 1. The molecule has 7 heteroatoms. The second-order valence-electron chi connectivity index (χ2n) is 7.59. The number of aliphatic imine (C=N–C) groups is 1. The summed E-state index contributed by atoms with van der Waals surface area (Å²) < 4.78 is 0. The molecule has 0 aliphatic carbocycles. The molecule has 0 saturated carbocycles. The van der Waals surface area contributed by atoms with Crippen molar-refractivity contribution in [1.82, 2.24) is 10.2 Å². The Balaban J connectivity index is 0.00000341. The molecule has 5 nitrogen and oxygen atoms in total. The average Bonchev–Trinajstić information content (AvgIpc) is 3.22. The van der Waals surface area contributed by atoms with Crippen LogP contribution in [0, 0.1) is 5.92 Å². The van der Waals surface area contributed by atoms with Crippen LogP contribution >= 0.6 is 35.7 Å². The normalized spacial score (nSPS) is 16.0. The van der Waals surface area contributed by atoms with Gasteiger partial charge in [0.2, 0.25) is 5.91 Å². The average molecular weight is 553 g/mol.